The normalized spacial score (nSPS) is 12.4. The molecule has 0 aliphatic carbocycles. The Morgan fingerprint density at radius 3 is 2.53 bits per heavy atom. The van der Waals surface area contributed by atoms with Gasteiger partial charge in [0.05, 0.1) is 11.4 Å². The number of benzene rings is 1. The fourth-order valence-corrected chi connectivity index (χ4v) is 2.54. The van der Waals surface area contributed by atoms with Crippen LogP contribution < -0.4 is 4.72 Å². The Bertz CT molecular complexity index is 541. The van der Waals surface area contributed by atoms with Gasteiger partial charge in [-0.25, -0.2) is 8.42 Å². The van der Waals surface area contributed by atoms with Crippen molar-refractivity contribution in [3.63, 3.8) is 0 Å². The van der Waals surface area contributed by atoms with Crippen molar-refractivity contribution in [3.8, 4) is 5.75 Å². The molecule has 1 aromatic carbocycles. The van der Waals surface area contributed by atoms with E-state index in [1.807, 2.05) is 0 Å². The molecular formula is C11H14F3NO3S. The van der Waals surface area contributed by atoms with E-state index in [0.717, 1.165) is 0 Å². The second-order valence-electron chi connectivity index (χ2n) is 4.16. The molecular weight excluding hydrogens is 283 g/mol. The van der Waals surface area contributed by atoms with Crippen LogP contribution in [0.4, 0.5) is 18.9 Å². The van der Waals surface area contributed by atoms with E-state index in [4.69, 9.17) is 0 Å². The predicted molar refractivity (Wildman–Crippen MR) is 65.5 cm³/mol. The number of phenols is 1. The third-order valence-corrected chi connectivity index (χ3v) is 3.65. The van der Waals surface area contributed by atoms with Gasteiger partial charge in [-0.3, -0.25) is 4.72 Å². The minimum absolute atomic E-state index is 0.0352. The third-order valence-electron chi connectivity index (χ3n) is 2.29. The van der Waals surface area contributed by atoms with Gasteiger partial charge in [0.25, 0.3) is 0 Å². The Labute approximate surface area is 109 Å². The first-order valence-corrected chi connectivity index (χ1v) is 7.11. The number of phenolic OH excluding ortho intramolecular Hbond substituents is 1. The number of rotatable bonds is 5. The number of sulfonamides is 1. The Balaban J connectivity index is 2.67. The van der Waals surface area contributed by atoms with Gasteiger partial charge in [0.15, 0.2) is 0 Å². The Morgan fingerprint density at radius 1 is 1.32 bits per heavy atom. The number of anilines is 1. The summed E-state index contributed by atoms with van der Waals surface area (Å²) >= 11 is 0. The summed E-state index contributed by atoms with van der Waals surface area (Å²) in [5, 5.41) is 9.45. The molecule has 0 aliphatic rings. The van der Waals surface area contributed by atoms with Crippen molar-refractivity contribution < 1.29 is 26.7 Å². The van der Waals surface area contributed by atoms with Gasteiger partial charge in [-0.15, -0.1) is 0 Å². The minimum Gasteiger partial charge on any atom is -0.506 e. The topological polar surface area (TPSA) is 66.4 Å². The molecule has 1 rings (SSSR count). The lowest BCUT2D eigenvalue weighted by Gasteiger charge is -2.11. The lowest BCUT2D eigenvalue weighted by Crippen LogP contribution is -2.19. The fourth-order valence-electron chi connectivity index (χ4n) is 1.41. The lowest BCUT2D eigenvalue weighted by molar-refractivity contribution is -0.134. The molecule has 0 fully saturated rings. The first kappa shape index (κ1) is 15.6. The first-order valence-electron chi connectivity index (χ1n) is 5.46. The average Bonchev–Trinajstić information content (AvgIpc) is 2.20. The number of alkyl halides is 3. The Kier molecular flexibility index (Phi) is 4.67. The third kappa shape index (κ3) is 5.82. The van der Waals surface area contributed by atoms with Crippen LogP contribution >= 0.6 is 0 Å². The SMILES string of the molecule is Cc1ccc(O)c(NS(=O)(=O)CCCC(F)(F)F)c1. The van der Waals surface area contributed by atoms with E-state index in [2.05, 4.69) is 4.72 Å². The van der Waals surface area contributed by atoms with E-state index in [1.54, 1.807) is 13.0 Å². The van der Waals surface area contributed by atoms with Crippen LogP contribution in [0.15, 0.2) is 18.2 Å². The molecule has 4 nitrogen and oxygen atoms in total. The smallest absolute Gasteiger partial charge is 0.389 e. The average molecular weight is 297 g/mol. The van der Waals surface area contributed by atoms with Crippen LogP contribution in [0.2, 0.25) is 0 Å². The summed E-state index contributed by atoms with van der Waals surface area (Å²) in [6, 6.07) is 4.29. The van der Waals surface area contributed by atoms with Crippen LogP contribution in [-0.2, 0) is 10.0 Å². The van der Waals surface area contributed by atoms with E-state index in [0.29, 0.717) is 5.56 Å². The number of aryl methyl sites for hydroxylation is 1. The number of hydrogen-bond acceptors (Lipinski definition) is 3. The van der Waals surface area contributed by atoms with Crippen LogP contribution in [0, 0.1) is 6.92 Å². The highest BCUT2D eigenvalue weighted by atomic mass is 32.2. The first-order chi connectivity index (χ1) is 8.59. The molecule has 1 aromatic rings. The van der Waals surface area contributed by atoms with Gasteiger partial charge in [0.1, 0.15) is 5.75 Å². The molecule has 0 aliphatic heterocycles. The van der Waals surface area contributed by atoms with Crippen molar-refractivity contribution >= 4 is 15.7 Å². The quantitative estimate of drug-likeness (QED) is 0.821. The Morgan fingerprint density at radius 2 is 1.95 bits per heavy atom. The van der Waals surface area contributed by atoms with Gasteiger partial charge in [0, 0.05) is 6.42 Å². The van der Waals surface area contributed by atoms with Gasteiger partial charge in [-0.05, 0) is 31.0 Å². The number of nitrogens with one attached hydrogen (secondary N) is 1. The maximum atomic E-state index is 11.9. The molecule has 0 saturated carbocycles. The van der Waals surface area contributed by atoms with Crippen molar-refractivity contribution in [2.45, 2.75) is 25.9 Å². The molecule has 0 atom stereocenters. The molecule has 108 valence electrons. The molecule has 2 N–H and O–H groups in total. The predicted octanol–water partition coefficient (Wildman–Crippen LogP) is 2.78. The fraction of sp³-hybridized carbons (Fsp3) is 0.455. The van der Waals surface area contributed by atoms with E-state index in [-0.39, 0.29) is 11.4 Å². The summed E-state index contributed by atoms with van der Waals surface area (Å²) in [5.74, 6) is -0.926. The molecule has 0 heterocycles. The number of hydrogen-bond donors (Lipinski definition) is 2. The highest BCUT2D eigenvalue weighted by Crippen LogP contribution is 2.26. The lowest BCUT2D eigenvalue weighted by atomic mass is 10.2. The van der Waals surface area contributed by atoms with Crippen molar-refractivity contribution in [3.05, 3.63) is 23.8 Å². The molecule has 0 unspecified atom stereocenters. The van der Waals surface area contributed by atoms with Crippen LogP contribution in [0.5, 0.6) is 5.75 Å². The summed E-state index contributed by atoms with van der Waals surface area (Å²) in [6.45, 7) is 1.70. The van der Waals surface area contributed by atoms with Crippen LogP contribution in [0.3, 0.4) is 0 Å². The van der Waals surface area contributed by atoms with E-state index in [1.165, 1.54) is 12.1 Å². The summed E-state index contributed by atoms with van der Waals surface area (Å²) in [7, 11) is -3.91. The monoisotopic (exact) mass is 297 g/mol. The van der Waals surface area contributed by atoms with Crippen molar-refractivity contribution in [2.75, 3.05) is 10.5 Å². The van der Waals surface area contributed by atoms with Crippen LogP contribution in [-0.4, -0.2) is 25.5 Å². The number of halogens is 3. The Hall–Kier alpha value is -1.44. The molecule has 0 aromatic heterocycles. The molecule has 0 radical (unpaired) electrons. The summed E-state index contributed by atoms with van der Waals surface area (Å²) in [5.41, 5.74) is 0.679. The van der Waals surface area contributed by atoms with Gasteiger partial charge >= 0.3 is 6.18 Å². The summed E-state index contributed by atoms with van der Waals surface area (Å²) < 4.78 is 60.9. The van der Waals surface area contributed by atoms with Gasteiger partial charge in [0.2, 0.25) is 10.0 Å². The summed E-state index contributed by atoms with van der Waals surface area (Å²) in [6.07, 6.45) is -6.06. The van der Waals surface area contributed by atoms with Gasteiger partial charge in [-0.2, -0.15) is 13.2 Å². The second kappa shape index (κ2) is 5.68. The van der Waals surface area contributed by atoms with E-state index < -0.39 is 34.8 Å². The zero-order chi connectivity index (χ0) is 14.7. The molecule has 19 heavy (non-hydrogen) atoms. The molecule has 0 spiro atoms. The molecule has 0 amide bonds. The van der Waals surface area contributed by atoms with E-state index in [9.17, 15) is 26.7 Å². The van der Waals surface area contributed by atoms with E-state index >= 15 is 0 Å². The summed E-state index contributed by atoms with van der Waals surface area (Å²) in [4.78, 5) is 0. The molecule has 0 bridgehead atoms. The highest BCUT2D eigenvalue weighted by molar-refractivity contribution is 7.92. The highest BCUT2D eigenvalue weighted by Gasteiger charge is 2.27. The largest absolute Gasteiger partial charge is 0.506 e. The maximum Gasteiger partial charge on any atom is 0.389 e. The maximum absolute atomic E-state index is 11.9. The number of aromatic hydroxyl groups is 1. The zero-order valence-electron chi connectivity index (χ0n) is 10.2. The minimum atomic E-state index is -4.37. The van der Waals surface area contributed by atoms with Crippen molar-refractivity contribution in [2.24, 2.45) is 0 Å². The van der Waals surface area contributed by atoms with Crippen LogP contribution in [0.1, 0.15) is 18.4 Å². The van der Waals surface area contributed by atoms with Gasteiger partial charge < -0.3 is 5.11 Å². The second-order valence-corrected chi connectivity index (χ2v) is 6.00. The van der Waals surface area contributed by atoms with Crippen LogP contribution in [0.25, 0.3) is 0 Å². The molecule has 0 saturated heterocycles. The standard InChI is InChI=1S/C11H14F3NO3S/c1-8-3-4-10(16)9(7-8)15-19(17,18)6-2-5-11(12,13)14/h3-4,7,15-16H,2,5-6H2,1H3. The van der Waals surface area contributed by atoms with Gasteiger partial charge in [-0.1, -0.05) is 6.07 Å². The van der Waals surface area contributed by atoms with Crippen molar-refractivity contribution in [1.82, 2.24) is 0 Å². The van der Waals surface area contributed by atoms with Crippen molar-refractivity contribution in [1.29, 1.82) is 0 Å². The zero-order valence-corrected chi connectivity index (χ0v) is 11.0. The molecule has 8 heteroatoms.